The summed E-state index contributed by atoms with van der Waals surface area (Å²) >= 11 is 0. The number of ether oxygens (including phenoxy) is 1. The number of piperidine rings is 1. The molecule has 1 aromatic rings. The first kappa shape index (κ1) is 17.5. The van der Waals surface area contributed by atoms with Crippen LogP contribution in [0.5, 0.6) is 0 Å². The van der Waals surface area contributed by atoms with E-state index in [2.05, 4.69) is 12.1 Å². The Balaban J connectivity index is 1.50. The summed E-state index contributed by atoms with van der Waals surface area (Å²) in [6, 6.07) is 6.43. The van der Waals surface area contributed by atoms with E-state index in [1.54, 1.807) is 0 Å². The molecule has 2 spiro atoms. The maximum absolute atomic E-state index is 12.7. The first-order valence-corrected chi connectivity index (χ1v) is 10.2. The molecule has 1 amide bonds. The fourth-order valence-corrected chi connectivity index (χ4v) is 6.79. The third-order valence-corrected chi connectivity index (χ3v) is 7.60. The summed E-state index contributed by atoms with van der Waals surface area (Å²) in [5.74, 6) is 0.488. The lowest BCUT2D eigenvalue weighted by Gasteiger charge is -2.85. The molecule has 3 fully saturated rings. The van der Waals surface area contributed by atoms with Crippen LogP contribution in [-0.4, -0.2) is 46.0 Å². The van der Waals surface area contributed by atoms with Crippen molar-refractivity contribution in [2.24, 2.45) is 5.92 Å². The number of carbonyl (C=O) groups is 1. The Hall–Kier alpha value is -1.59. The van der Waals surface area contributed by atoms with Crippen molar-refractivity contribution in [1.82, 2.24) is 4.90 Å². The summed E-state index contributed by atoms with van der Waals surface area (Å²) in [7, 11) is 0. The fourth-order valence-electron chi connectivity index (χ4n) is 6.79. The number of hydrogen-bond acceptors (Lipinski definition) is 4. The van der Waals surface area contributed by atoms with Gasteiger partial charge in [-0.25, -0.2) is 4.79 Å². The predicted octanol–water partition coefficient (Wildman–Crippen LogP) is 3.02. The van der Waals surface area contributed by atoms with E-state index in [4.69, 9.17) is 4.74 Å². The highest BCUT2D eigenvalue weighted by molar-refractivity contribution is 5.77. The summed E-state index contributed by atoms with van der Waals surface area (Å²) in [5.41, 5.74) is 3.29. The van der Waals surface area contributed by atoms with Gasteiger partial charge in [0.1, 0.15) is 11.7 Å². The molecule has 0 aromatic heterocycles. The molecule has 5 rings (SSSR count). The number of likely N-dealkylation sites (tertiary alicyclic amines) is 1. The van der Waals surface area contributed by atoms with Crippen LogP contribution in [0.15, 0.2) is 18.2 Å². The predicted molar refractivity (Wildman–Crippen MR) is 101 cm³/mol. The SMILES string of the molecule is CC(C)(C)OC(=O)N1CC23c4ccc(C(O)CO)cc4C24CCCCC4C13. The van der Waals surface area contributed by atoms with Crippen molar-refractivity contribution in [3.63, 3.8) is 0 Å². The standard InChI is InChI=1S/C22H29NO4/c1-20(2,3)27-19(26)23-12-22-14-8-7-13(17(25)11-24)10-16(14)21(22)9-5-4-6-15(21)18(22)23/h7-8,10,15,17-18,24-25H,4-6,9,11-12H2,1-3H3. The van der Waals surface area contributed by atoms with Gasteiger partial charge in [0.2, 0.25) is 0 Å². The van der Waals surface area contributed by atoms with Gasteiger partial charge in [0.25, 0.3) is 0 Å². The van der Waals surface area contributed by atoms with Crippen LogP contribution in [0.2, 0.25) is 0 Å². The van der Waals surface area contributed by atoms with Gasteiger partial charge in [-0.2, -0.15) is 0 Å². The van der Waals surface area contributed by atoms with Crippen LogP contribution in [0.1, 0.15) is 69.2 Å². The lowest BCUT2D eigenvalue weighted by Crippen LogP contribution is -2.93. The Morgan fingerprint density at radius 2 is 2.07 bits per heavy atom. The molecule has 4 aliphatic rings. The number of fused-ring (bicyclic) bond motifs is 2. The van der Waals surface area contributed by atoms with Gasteiger partial charge < -0.3 is 19.8 Å². The first-order valence-electron chi connectivity index (χ1n) is 10.2. The lowest BCUT2D eigenvalue weighted by molar-refractivity contribution is -0.237. The number of amides is 1. The second-order valence-corrected chi connectivity index (χ2v) is 9.85. The molecule has 1 aliphatic heterocycles. The van der Waals surface area contributed by atoms with Gasteiger partial charge in [-0.05, 0) is 56.2 Å². The number of rotatable bonds is 2. The molecule has 1 aromatic carbocycles. The van der Waals surface area contributed by atoms with Gasteiger partial charge in [-0.3, -0.25) is 0 Å². The second-order valence-electron chi connectivity index (χ2n) is 9.85. The third-order valence-electron chi connectivity index (χ3n) is 7.60. The molecule has 0 bridgehead atoms. The van der Waals surface area contributed by atoms with Crippen LogP contribution in [0, 0.1) is 5.92 Å². The molecule has 3 aliphatic carbocycles. The van der Waals surface area contributed by atoms with Crippen LogP contribution in [-0.2, 0) is 15.6 Å². The van der Waals surface area contributed by atoms with Gasteiger partial charge in [0.05, 0.1) is 12.6 Å². The number of aliphatic hydroxyl groups excluding tert-OH is 2. The molecule has 5 nitrogen and oxygen atoms in total. The van der Waals surface area contributed by atoms with Gasteiger partial charge >= 0.3 is 6.09 Å². The number of nitrogens with zero attached hydrogens (tertiary/aromatic N) is 1. The Bertz CT molecular complexity index is 815. The number of carbonyl (C=O) groups excluding carboxylic acids is 1. The Morgan fingerprint density at radius 1 is 1.30 bits per heavy atom. The van der Waals surface area contributed by atoms with Crippen LogP contribution >= 0.6 is 0 Å². The molecule has 1 heterocycles. The number of aliphatic hydroxyl groups is 2. The molecule has 146 valence electrons. The minimum absolute atomic E-state index is 0.0903. The average Bonchev–Trinajstić information content (AvgIpc) is 2.58. The molecule has 5 unspecified atom stereocenters. The second kappa shape index (κ2) is 5.26. The van der Waals surface area contributed by atoms with E-state index in [0.717, 1.165) is 18.5 Å². The maximum atomic E-state index is 12.7. The molecule has 5 atom stereocenters. The van der Waals surface area contributed by atoms with E-state index in [1.165, 1.54) is 30.4 Å². The Labute approximate surface area is 160 Å². The zero-order valence-electron chi connectivity index (χ0n) is 16.4. The Morgan fingerprint density at radius 3 is 2.78 bits per heavy atom. The van der Waals surface area contributed by atoms with E-state index in [-0.39, 0.29) is 29.6 Å². The van der Waals surface area contributed by atoms with Crippen LogP contribution in [0.25, 0.3) is 0 Å². The van der Waals surface area contributed by atoms with E-state index in [9.17, 15) is 15.0 Å². The van der Waals surface area contributed by atoms with Crippen molar-refractivity contribution in [2.45, 2.75) is 75.0 Å². The van der Waals surface area contributed by atoms with E-state index in [0.29, 0.717) is 5.92 Å². The molecular weight excluding hydrogens is 342 g/mol. The largest absolute Gasteiger partial charge is 0.444 e. The summed E-state index contributed by atoms with van der Waals surface area (Å²) in [6.45, 7) is 6.24. The van der Waals surface area contributed by atoms with Gasteiger partial charge in [-0.15, -0.1) is 0 Å². The van der Waals surface area contributed by atoms with E-state index >= 15 is 0 Å². The zero-order chi connectivity index (χ0) is 19.2. The molecule has 27 heavy (non-hydrogen) atoms. The molecule has 1 saturated heterocycles. The third kappa shape index (κ3) is 1.90. The molecule has 2 N–H and O–H groups in total. The fraction of sp³-hybridized carbons (Fsp3) is 0.682. The van der Waals surface area contributed by atoms with Crippen molar-refractivity contribution >= 4 is 6.09 Å². The van der Waals surface area contributed by atoms with Crippen molar-refractivity contribution in [3.05, 3.63) is 34.9 Å². The molecule has 5 heteroatoms. The smallest absolute Gasteiger partial charge is 0.410 e. The van der Waals surface area contributed by atoms with Gasteiger partial charge in [0.15, 0.2) is 0 Å². The van der Waals surface area contributed by atoms with E-state index in [1.807, 2.05) is 31.7 Å². The summed E-state index contributed by atoms with van der Waals surface area (Å²) in [6.07, 6.45) is 3.76. The highest BCUT2D eigenvalue weighted by Gasteiger charge is 2.85. The highest BCUT2D eigenvalue weighted by Crippen LogP contribution is 2.80. The van der Waals surface area contributed by atoms with Crippen LogP contribution in [0.3, 0.4) is 0 Å². The van der Waals surface area contributed by atoms with Crippen molar-refractivity contribution in [3.8, 4) is 0 Å². The number of benzene rings is 1. The topological polar surface area (TPSA) is 70.0 Å². The minimum Gasteiger partial charge on any atom is -0.444 e. The average molecular weight is 371 g/mol. The summed E-state index contributed by atoms with van der Waals surface area (Å²) < 4.78 is 5.66. The van der Waals surface area contributed by atoms with Crippen molar-refractivity contribution in [2.75, 3.05) is 13.2 Å². The molecular formula is C22H29NO4. The minimum atomic E-state index is -0.819. The van der Waals surface area contributed by atoms with Crippen molar-refractivity contribution in [1.29, 1.82) is 0 Å². The normalized spacial score (nSPS) is 36.7. The first-order chi connectivity index (χ1) is 12.8. The van der Waals surface area contributed by atoms with E-state index < -0.39 is 11.7 Å². The van der Waals surface area contributed by atoms with Crippen LogP contribution < -0.4 is 0 Å². The molecule has 0 radical (unpaired) electrons. The number of hydrogen-bond donors (Lipinski definition) is 2. The summed E-state index contributed by atoms with van der Waals surface area (Å²) in [4.78, 5) is 14.7. The van der Waals surface area contributed by atoms with Crippen molar-refractivity contribution < 1.29 is 19.7 Å². The summed E-state index contributed by atoms with van der Waals surface area (Å²) in [5, 5.41) is 19.4. The monoisotopic (exact) mass is 371 g/mol. The Kier molecular flexibility index (Phi) is 3.41. The van der Waals surface area contributed by atoms with Gasteiger partial charge in [0, 0.05) is 17.4 Å². The van der Waals surface area contributed by atoms with Crippen LogP contribution in [0.4, 0.5) is 4.79 Å². The zero-order valence-corrected chi connectivity index (χ0v) is 16.4. The quantitative estimate of drug-likeness (QED) is 0.838. The molecule has 2 saturated carbocycles. The lowest BCUT2D eigenvalue weighted by atomic mass is 9.23. The van der Waals surface area contributed by atoms with Gasteiger partial charge in [-0.1, -0.05) is 31.0 Å². The highest BCUT2D eigenvalue weighted by atomic mass is 16.6. The maximum Gasteiger partial charge on any atom is 0.410 e.